The van der Waals surface area contributed by atoms with E-state index in [9.17, 15) is 9.90 Å². The van der Waals surface area contributed by atoms with Gasteiger partial charge in [-0.15, -0.1) is 0 Å². The molecule has 0 radical (unpaired) electrons. The van der Waals surface area contributed by atoms with Crippen molar-refractivity contribution < 1.29 is 23.7 Å². The van der Waals surface area contributed by atoms with Gasteiger partial charge in [-0.2, -0.15) is 0 Å². The van der Waals surface area contributed by atoms with E-state index in [0.717, 1.165) is 0 Å². The normalized spacial score (nSPS) is 10.6. The predicted molar refractivity (Wildman–Crippen MR) is 89.2 cm³/mol. The van der Waals surface area contributed by atoms with Gasteiger partial charge >= 0.3 is 0 Å². The summed E-state index contributed by atoms with van der Waals surface area (Å²) >= 11 is 0. The van der Waals surface area contributed by atoms with E-state index in [0.29, 0.717) is 22.8 Å². The van der Waals surface area contributed by atoms with Crippen molar-refractivity contribution in [1.82, 2.24) is 0 Å². The fourth-order valence-electron chi connectivity index (χ4n) is 2.47. The molecule has 124 valence electrons. The molecule has 0 atom stereocenters. The van der Waals surface area contributed by atoms with Crippen molar-refractivity contribution in [3.8, 4) is 34.3 Å². The van der Waals surface area contributed by atoms with E-state index in [4.69, 9.17) is 18.6 Å². The Bertz CT molecular complexity index is 958. The van der Waals surface area contributed by atoms with E-state index >= 15 is 0 Å². The van der Waals surface area contributed by atoms with Crippen molar-refractivity contribution in [2.24, 2.45) is 0 Å². The van der Waals surface area contributed by atoms with Crippen molar-refractivity contribution >= 4 is 11.0 Å². The number of methoxy groups -OCH3 is 3. The second kappa shape index (κ2) is 6.16. The molecular formula is C18H16O6. The maximum atomic E-state index is 12.5. The summed E-state index contributed by atoms with van der Waals surface area (Å²) in [5.41, 5.74) is 0.268. The molecule has 3 aromatic rings. The molecule has 0 amide bonds. The van der Waals surface area contributed by atoms with Crippen LogP contribution in [-0.4, -0.2) is 26.4 Å². The minimum Gasteiger partial charge on any atom is -0.502 e. The van der Waals surface area contributed by atoms with Crippen molar-refractivity contribution in [3.05, 3.63) is 46.6 Å². The molecule has 24 heavy (non-hydrogen) atoms. The SMILES string of the molecule is COc1cccc(-c2oc3cc(OC)c(OC)cc3c(=O)c2O)c1. The van der Waals surface area contributed by atoms with E-state index in [2.05, 4.69) is 0 Å². The molecule has 6 heteroatoms. The van der Waals surface area contributed by atoms with E-state index in [1.54, 1.807) is 30.3 Å². The Labute approximate surface area is 137 Å². The van der Waals surface area contributed by atoms with Crippen molar-refractivity contribution in [2.75, 3.05) is 21.3 Å². The molecular weight excluding hydrogens is 312 g/mol. The van der Waals surface area contributed by atoms with Crippen LogP contribution < -0.4 is 19.6 Å². The highest BCUT2D eigenvalue weighted by atomic mass is 16.5. The van der Waals surface area contributed by atoms with Gasteiger partial charge in [0, 0.05) is 11.6 Å². The van der Waals surface area contributed by atoms with Gasteiger partial charge in [-0.3, -0.25) is 4.79 Å². The Hall–Kier alpha value is -3.15. The van der Waals surface area contributed by atoms with Crippen LogP contribution in [0.5, 0.6) is 23.0 Å². The molecule has 0 saturated carbocycles. The van der Waals surface area contributed by atoms with E-state index in [-0.39, 0.29) is 16.7 Å². The van der Waals surface area contributed by atoms with Crippen molar-refractivity contribution in [3.63, 3.8) is 0 Å². The summed E-state index contributed by atoms with van der Waals surface area (Å²) in [5.74, 6) is 0.991. The average Bonchev–Trinajstić information content (AvgIpc) is 2.63. The second-order valence-electron chi connectivity index (χ2n) is 5.04. The second-order valence-corrected chi connectivity index (χ2v) is 5.04. The summed E-state index contributed by atoms with van der Waals surface area (Å²) in [7, 11) is 4.49. The van der Waals surface area contributed by atoms with Gasteiger partial charge in [0.15, 0.2) is 17.3 Å². The molecule has 6 nitrogen and oxygen atoms in total. The van der Waals surface area contributed by atoms with Crippen LogP contribution in [0.4, 0.5) is 0 Å². The van der Waals surface area contributed by atoms with Crippen LogP contribution in [0.25, 0.3) is 22.3 Å². The molecule has 3 rings (SSSR count). The summed E-state index contributed by atoms with van der Waals surface area (Å²) in [4.78, 5) is 12.5. The first-order valence-corrected chi connectivity index (χ1v) is 7.15. The number of fused-ring (bicyclic) bond motifs is 1. The third-order valence-electron chi connectivity index (χ3n) is 3.70. The summed E-state index contributed by atoms with van der Waals surface area (Å²) in [5, 5.41) is 10.5. The number of ether oxygens (including phenoxy) is 3. The van der Waals surface area contributed by atoms with Crippen LogP contribution in [0.1, 0.15) is 0 Å². The lowest BCUT2D eigenvalue weighted by atomic mass is 10.1. The van der Waals surface area contributed by atoms with Crippen LogP contribution >= 0.6 is 0 Å². The van der Waals surface area contributed by atoms with Crippen LogP contribution in [-0.2, 0) is 0 Å². The Morgan fingerprint density at radius 2 is 1.67 bits per heavy atom. The minimum absolute atomic E-state index is 0.0682. The lowest BCUT2D eigenvalue weighted by molar-refractivity contribution is 0.355. The van der Waals surface area contributed by atoms with Gasteiger partial charge in [0.2, 0.25) is 11.2 Å². The highest BCUT2D eigenvalue weighted by Gasteiger charge is 2.18. The smallest absolute Gasteiger partial charge is 0.235 e. The predicted octanol–water partition coefficient (Wildman–Crippen LogP) is 3.19. The monoisotopic (exact) mass is 328 g/mol. The van der Waals surface area contributed by atoms with Crippen LogP contribution in [0, 0.1) is 0 Å². The fraction of sp³-hybridized carbons (Fsp3) is 0.167. The average molecular weight is 328 g/mol. The molecule has 0 unspecified atom stereocenters. The maximum absolute atomic E-state index is 12.5. The largest absolute Gasteiger partial charge is 0.502 e. The summed E-state index contributed by atoms with van der Waals surface area (Å²) in [6.45, 7) is 0. The van der Waals surface area contributed by atoms with Gasteiger partial charge in [-0.1, -0.05) is 12.1 Å². The number of hydrogen-bond donors (Lipinski definition) is 1. The number of rotatable bonds is 4. The lowest BCUT2D eigenvalue weighted by Gasteiger charge is -2.11. The first-order valence-electron chi connectivity index (χ1n) is 7.15. The van der Waals surface area contributed by atoms with Crippen LogP contribution in [0.15, 0.2) is 45.6 Å². The summed E-state index contributed by atoms with van der Waals surface area (Å²) in [6.07, 6.45) is 0. The Morgan fingerprint density at radius 3 is 2.33 bits per heavy atom. The lowest BCUT2D eigenvalue weighted by Crippen LogP contribution is -2.03. The Morgan fingerprint density at radius 1 is 0.958 bits per heavy atom. The zero-order valence-electron chi connectivity index (χ0n) is 13.5. The maximum Gasteiger partial charge on any atom is 0.235 e. The van der Waals surface area contributed by atoms with Gasteiger partial charge < -0.3 is 23.7 Å². The summed E-state index contributed by atoms with van der Waals surface area (Å²) in [6, 6.07) is 9.92. The molecule has 1 N–H and O–H groups in total. The third-order valence-corrected chi connectivity index (χ3v) is 3.70. The molecule has 0 spiro atoms. The van der Waals surface area contributed by atoms with Gasteiger partial charge in [-0.25, -0.2) is 0 Å². The topological polar surface area (TPSA) is 78.1 Å². The standard InChI is InChI=1S/C18H16O6/c1-21-11-6-4-5-10(7-11)18-17(20)16(19)12-8-14(22-2)15(23-3)9-13(12)24-18/h4-9,20H,1-3H3. The number of aromatic hydroxyl groups is 1. The van der Waals surface area contributed by atoms with Crippen molar-refractivity contribution in [2.45, 2.75) is 0 Å². The zero-order chi connectivity index (χ0) is 17.3. The molecule has 0 aliphatic carbocycles. The highest BCUT2D eigenvalue weighted by Crippen LogP contribution is 2.36. The zero-order valence-corrected chi connectivity index (χ0v) is 13.5. The number of benzene rings is 2. The first-order chi connectivity index (χ1) is 11.6. The van der Waals surface area contributed by atoms with Gasteiger partial charge in [0.25, 0.3) is 0 Å². The van der Waals surface area contributed by atoms with E-state index in [1.807, 2.05) is 0 Å². The molecule has 1 heterocycles. The molecule has 0 bridgehead atoms. The molecule has 0 fully saturated rings. The van der Waals surface area contributed by atoms with Gasteiger partial charge in [-0.05, 0) is 18.2 Å². The van der Waals surface area contributed by atoms with Gasteiger partial charge in [0.05, 0.1) is 26.7 Å². The minimum atomic E-state index is -0.546. The molecule has 0 saturated heterocycles. The van der Waals surface area contributed by atoms with Crippen LogP contribution in [0.3, 0.4) is 0 Å². The Balaban J connectivity index is 2.30. The number of hydrogen-bond acceptors (Lipinski definition) is 6. The molecule has 1 aromatic heterocycles. The highest BCUT2D eigenvalue weighted by molar-refractivity contribution is 5.85. The summed E-state index contributed by atoms with van der Waals surface area (Å²) < 4.78 is 21.3. The fourth-order valence-corrected chi connectivity index (χ4v) is 2.47. The van der Waals surface area contributed by atoms with E-state index < -0.39 is 11.2 Å². The van der Waals surface area contributed by atoms with Gasteiger partial charge in [0.1, 0.15) is 11.3 Å². The van der Waals surface area contributed by atoms with E-state index in [1.165, 1.54) is 27.4 Å². The third kappa shape index (κ3) is 2.52. The van der Waals surface area contributed by atoms with Crippen LogP contribution in [0.2, 0.25) is 0 Å². The van der Waals surface area contributed by atoms with Crippen molar-refractivity contribution in [1.29, 1.82) is 0 Å². The molecule has 0 aliphatic rings. The quantitative estimate of drug-likeness (QED) is 0.792. The Kier molecular flexibility index (Phi) is 4.04. The first kappa shape index (κ1) is 15.7. The molecule has 2 aromatic carbocycles. The molecule has 0 aliphatic heterocycles.